The molecule has 4 heterocycles. The van der Waals surface area contributed by atoms with Gasteiger partial charge in [-0.2, -0.15) is 4.52 Å². The van der Waals surface area contributed by atoms with E-state index in [4.69, 9.17) is 9.84 Å². The van der Waals surface area contributed by atoms with E-state index in [0.29, 0.717) is 18.3 Å². The van der Waals surface area contributed by atoms with Crippen LogP contribution in [0.25, 0.3) is 17.0 Å². The molecule has 27 heavy (non-hydrogen) atoms. The highest BCUT2D eigenvalue weighted by molar-refractivity contribution is 5.63. The Bertz CT molecular complexity index is 1080. The molecule has 1 aromatic carbocycles. The summed E-state index contributed by atoms with van der Waals surface area (Å²) in [5.74, 6) is 1.34. The first-order chi connectivity index (χ1) is 13.4. The number of rotatable bonds is 4. The monoisotopic (exact) mass is 358 g/mol. The Balaban J connectivity index is 1.61. The summed E-state index contributed by atoms with van der Waals surface area (Å²) < 4.78 is 7.87. The Morgan fingerprint density at radius 2 is 1.89 bits per heavy atom. The van der Waals surface area contributed by atoms with E-state index < -0.39 is 0 Å². The molecule has 7 nitrogen and oxygen atoms in total. The number of pyridine rings is 1. The number of aromatic nitrogens is 5. The van der Waals surface area contributed by atoms with Crippen molar-refractivity contribution in [2.24, 2.45) is 0 Å². The van der Waals surface area contributed by atoms with Gasteiger partial charge in [-0.3, -0.25) is 4.98 Å². The molecule has 0 bridgehead atoms. The maximum atomic E-state index is 6.08. The van der Waals surface area contributed by atoms with Crippen LogP contribution in [-0.2, 0) is 19.6 Å². The van der Waals surface area contributed by atoms with Gasteiger partial charge in [0.2, 0.25) is 5.88 Å². The summed E-state index contributed by atoms with van der Waals surface area (Å²) >= 11 is 0. The van der Waals surface area contributed by atoms with Crippen LogP contribution in [0.4, 0.5) is 0 Å². The third-order valence-corrected chi connectivity index (χ3v) is 4.69. The maximum Gasteiger partial charge on any atom is 0.235 e. The first-order valence-corrected chi connectivity index (χ1v) is 8.96. The molecule has 0 spiro atoms. The second-order valence-electron chi connectivity index (χ2n) is 6.42. The summed E-state index contributed by atoms with van der Waals surface area (Å²) in [6.07, 6.45) is 2.62. The van der Waals surface area contributed by atoms with Gasteiger partial charge in [-0.25, -0.2) is 0 Å². The molecule has 0 atom stereocenters. The molecule has 0 saturated carbocycles. The van der Waals surface area contributed by atoms with Crippen LogP contribution in [0.15, 0.2) is 54.7 Å². The number of nitrogens with zero attached hydrogens (tertiary/aromatic N) is 5. The number of fused-ring (bicyclic) bond motifs is 3. The highest BCUT2D eigenvalue weighted by atomic mass is 16.5. The van der Waals surface area contributed by atoms with E-state index in [9.17, 15) is 0 Å². The van der Waals surface area contributed by atoms with Gasteiger partial charge in [0.1, 0.15) is 6.61 Å². The van der Waals surface area contributed by atoms with Crippen molar-refractivity contribution in [3.05, 3.63) is 71.5 Å². The molecule has 134 valence electrons. The molecular weight excluding hydrogens is 340 g/mol. The summed E-state index contributed by atoms with van der Waals surface area (Å²) in [6.45, 7) is 2.00. The lowest BCUT2D eigenvalue weighted by Gasteiger charge is -2.20. The van der Waals surface area contributed by atoms with Gasteiger partial charge in [-0.05, 0) is 25.1 Å². The number of hydrogen-bond acceptors (Lipinski definition) is 6. The first kappa shape index (κ1) is 15.9. The smallest absolute Gasteiger partial charge is 0.235 e. The number of benzene rings is 1. The largest absolute Gasteiger partial charge is 0.470 e. The predicted octanol–water partition coefficient (Wildman–Crippen LogP) is 2.41. The minimum atomic E-state index is 0.377. The van der Waals surface area contributed by atoms with E-state index in [1.54, 1.807) is 10.7 Å². The lowest BCUT2D eigenvalue weighted by Crippen LogP contribution is -2.26. The van der Waals surface area contributed by atoms with Crippen LogP contribution in [0.5, 0.6) is 5.88 Å². The molecule has 0 amide bonds. The lowest BCUT2D eigenvalue weighted by molar-refractivity contribution is 0.279. The van der Waals surface area contributed by atoms with E-state index in [2.05, 4.69) is 20.5 Å². The first-order valence-electron chi connectivity index (χ1n) is 8.96. The Morgan fingerprint density at radius 3 is 2.74 bits per heavy atom. The van der Waals surface area contributed by atoms with Crippen LogP contribution in [-0.4, -0.2) is 31.3 Å². The van der Waals surface area contributed by atoms with Gasteiger partial charge in [0.25, 0.3) is 0 Å². The van der Waals surface area contributed by atoms with E-state index >= 15 is 0 Å². The van der Waals surface area contributed by atoms with E-state index in [1.165, 1.54) is 0 Å². The van der Waals surface area contributed by atoms with Crippen molar-refractivity contribution in [2.45, 2.75) is 19.6 Å². The zero-order valence-electron chi connectivity index (χ0n) is 14.7. The molecule has 1 aliphatic heterocycles. The van der Waals surface area contributed by atoms with Crippen LogP contribution in [0.1, 0.15) is 16.8 Å². The van der Waals surface area contributed by atoms with E-state index in [0.717, 1.165) is 47.5 Å². The van der Waals surface area contributed by atoms with Gasteiger partial charge in [0.15, 0.2) is 11.5 Å². The van der Waals surface area contributed by atoms with E-state index in [-0.39, 0.29) is 0 Å². The third-order valence-electron chi connectivity index (χ3n) is 4.69. The topological polar surface area (TPSA) is 77.2 Å². The van der Waals surface area contributed by atoms with Crippen molar-refractivity contribution >= 4 is 5.65 Å². The Labute approximate surface area is 156 Å². The fourth-order valence-electron chi connectivity index (χ4n) is 3.36. The summed E-state index contributed by atoms with van der Waals surface area (Å²) in [6, 6.07) is 15.7. The van der Waals surface area contributed by atoms with Crippen LogP contribution in [0.3, 0.4) is 0 Å². The summed E-state index contributed by atoms with van der Waals surface area (Å²) in [7, 11) is 0. The number of nitrogens with one attached hydrogen (secondary N) is 1. The third kappa shape index (κ3) is 2.92. The molecule has 0 radical (unpaired) electrons. The van der Waals surface area contributed by atoms with Crippen molar-refractivity contribution in [1.82, 2.24) is 30.1 Å². The van der Waals surface area contributed by atoms with Crippen molar-refractivity contribution in [3.63, 3.8) is 0 Å². The molecule has 4 aromatic rings. The average molecular weight is 358 g/mol. The fraction of sp³-hybridized carbons (Fsp3) is 0.200. The molecule has 0 saturated heterocycles. The summed E-state index contributed by atoms with van der Waals surface area (Å²) in [5.41, 5.74) is 4.82. The predicted molar refractivity (Wildman–Crippen MR) is 100 cm³/mol. The van der Waals surface area contributed by atoms with Crippen LogP contribution in [0.2, 0.25) is 0 Å². The molecule has 3 aromatic heterocycles. The van der Waals surface area contributed by atoms with Crippen LogP contribution in [0, 0.1) is 0 Å². The molecule has 0 fully saturated rings. The zero-order chi connectivity index (χ0) is 18.1. The van der Waals surface area contributed by atoms with Crippen molar-refractivity contribution in [1.29, 1.82) is 0 Å². The minimum absolute atomic E-state index is 0.377. The Hall–Kier alpha value is -3.32. The average Bonchev–Trinajstić information content (AvgIpc) is 3.17. The molecule has 0 aliphatic carbocycles. The Kier molecular flexibility index (Phi) is 3.99. The molecule has 7 heteroatoms. The van der Waals surface area contributed by atoms with Crippen molar-refractivity contribution in [3.8, 4) is 17.3 Å². The second kappa shape index (κ2) is 6.77. The molecule has 1 aliphatic rings. The maximum absolute atomic E-state index is 6.08. The molecule has 5 rings (SSSR count). The van der Waals surface area contributed by atoms with Crippen LogP contribution < -0.4 is 10.1 Å². The van der Waals surface area contributed by atoms with E-state index in [1.807, 2.05) is 48.5 Å². The van der Waals surface area contributed by atoms with Gasteiger partial charge in [-0.15, -0.1) is 15.3 Å². The quantitative estimate of drug-likeness (QED) is 0.604. The highest BCUT2D eigenvalue weighted by Gasteiger charge is 2.23. The van der Waals surface area contributed by atoms with Gasteiger partial charge >= 0.3 is 0 Å². The molecule has 1 N–H and O–H groups in total. The minimum Gasteiger partial charge on any atom is -0.470 e. The number of ether oxygens (including phenoxy) is 1. The summed E-state index contributed by atoms with van der Waals surface area (Å²) in [5, 5.41) is 17.0. The second-order valence-corrected chi connectivity index (χ2v) is 6.42. The SMILES string of the molecule is c1ccc(-c2nnc3c4c(c(OCc5ccccn5)nn23)CCNC4)cc1. The lowest BCUT2D eigenvalue weighted by atomic mass is 10.0. The van der Waals surface area contributed by atoms with Crippen LogP contribution >= 0.6 is 0 Å². The Morgan fingerprint density at radius 1 is 1.00 bits per heavy atom. The molecular formula is C20H18N6O. The number of hydrogen-bond donors (Lipinski definition) is 1. The molecule has 0 unspecified atom stereocenters. The fourth-order valence-corrected chi connectivity index (χ4v) is 3.36. The van der Waals surface area contributed by atoms with Gasteiger partial charge < -0.3 is 10.1 Å². The highest BCUT2D eigenvalue weighted by Crippen LogP contribution is 2.29. The van der Waals surface area contributed by atoms with Crippen molar-refractivity contribution < 1.29 is 4.74 Å². The zero-order valence-corrected chi connectivity index (χ0v) is 14.7. The van der Waals surface area contributed by atoms with Crippen molar-refractivity contribution in [2.75, 3.05) is 6.54 Å². The standard InChI is InChI=1S/C20H18N6O/c1-2-6-14(7-3-1)18-23-24-19-17-12-21-11-9-16(17)20(25-26(18)19)27-13-15-8-4-5-10-22-15/h1-8,10,21H,9,11-13H2. The van der Waals surface area contributed by atoms with Gasteiger partial charge in [0, 0.05) is 29.4 Å². The van der Waals surface area contributed by atoms with Gasteiger partial charge in [-0.1, -0.05) is 36.4 Å². The normalized spacial score (nSPS) is 13.5. The van der Waals surface area contributed by atoms with Gasteiger partial charge in [0.05, 0.1) is 5.69 Å². The summed E-state index contributed by atoms with van der Waals surface area (Å²) in [4.78, 5) is 4.33.